The molecule has 2 aromatic heterocycles. The monoisotopic (exact) mass is 514 g/mol. The van der Waals surface area contributed by atoms with Gasteiger partial charge in [-0.25, -0.2) is 19.0 Å². The van der Waals surface area contributed by atoms with Crippen LogP contribution in [0.15, 0.2) is 48.8 Å². The summed E-state index contributed by atoms with van der Waals surface area (Å²) < 4.78 is 15.1. The van der Waals surface area contributed by atoms with Gasteiger partial charge in [0.25, 0.3) is 11.8 Å². The van der Waals surface area contributed by atoms with Crippen LogP contribution in [0.4, 0.5) is 4.39 Å². The third kappa shape index (κ3) is 4.86. The van der Waals surface area contributed by atoms with Crippen molar-refractivity contribution in [2.45, 2.75) is 39.8 Å². The maximum atomic E-state index is 13.5. The van der Waals surface area contributed by atoms with E-state index in [4.69, 9.17) is 0 Å². The van der Waals surface area contributed by atoms with Crippen LogP contribution >= 0.6 is 0 Å². The molecule has 1 aliphatic rings. The molecule has 0 fully saturated rings. The molecule has 11 heteroatoms. The van der Waals surface area contributed by atoms with Gasteiger partial charge in [-0.1, -0.05) is 38.1 Å². The average molecular weight is 515 g/mol. The van der Waals surface area contributed by atoms with Gasteiger partial charge in [0.1, 0.15) is 23.5 Å². The highest BCUT2D eigenvalue weighted by Crippen LogP contribution is 2.46. The Morgan fingerprint density at radius 2 is 1.84 bits per heavy atom. The van der Waals surface area contributed by atoms with Crippen LogP contribution in [0.25, 0.3) is 11.4 Å². The van der Waals surface area contributed by atoms with Crippen LogP contribution in [0.2, 0.25) is 0 Å². The molecule has 0 aliphatic heterocycles. The van der Waals surface area contributed by atoms with E-state index in [0.717, 1.165) is 28.7 Å². The van der Waals surface area contributed by atoms with E-state index in [-0.39, 0.29) is 35.2 Å². The zero-order valence-corrected chi connectivity index (χ0v) is 21.5. The summed E-state index contributed by atoms with van der Waals surface area (Å²) >= 11 is 0. The van der Waals surface area contributed by atoms with Gasteiger partial charge in [-0.05, 0) is 63.6 Å². The lowest BCUT2D eigenvalue weighted by Gasteiger charge is -2.28. The molecule has 194 valence electrons. The number of tetrazole rings is 1. The van der Waals surface area contributed by atoms with E-state index in [1.165, 1.54) is 18.5 Å². The molecule has 0 radical (unpaired) electrons. The fourth-order valence-corrected chi connectivity index (χ4v) is 4.84. The molecule has 5 rings (SSSR count). The summed E-state index contributed by atoms with van der Waals surface area (Å²) in [6, 6.07) is 11.7. The van der Waals surface area contributed by atoms with Crippen molar-refractivity contribution in [3.63, 3.8) is 0 Å². The van der Waals surface area contributed by atoms with Crippen LogP contribution in [-0.2, 0) is 20.0 Å². The Balaban J connectivity index is 1.30. The Hall–Kier alpha value is -4.54. The van der Waals surface area contributed by atoms with Gasteiger partial charge in [-0.3, -0.25) is 9.59 Å². The van der Waals surface area contributed by atoms with Crippen LogP contribution < -0.4 is 10.6 Å². The van der Waals surface area contributed by atoms with Gasteiger partial charge in [0, 0.05) is 25.2 Å². The van der Waals surface area contributed by atoms with E-state index in [1.54, 1.807) is 30.8 Å². The molecule has 4 aromatic rings. The summed E-state index contributed by atoms with van der Waals surface area (Å²) in [6.45, 7) is 6.05. The number of amides is 2. The molecule has 2 heterocycles. The fraction of sp³-hybridized carbons (Fsp3) is 0.296. The number of fused-ring (bicyclic) bond motifs is 1. The molecule has 0 bridgehead atoms. The first-order chi connectivity index (χ1) is 18.1. The first-order valence-electron chi connectivity index (χ1n) is 12.1. The second kappa shape index (κ2) is 9.73. The van der Waals surface area contributed by atoms with Gasteiger partial charge < -0.3 is 10.6 Å². The molecular formula is C27H27FN8O2. The topological polar surface area (TPSA) is 128 Å². The van der Waals surface area contributed by atoms with Crippen LogP contribution in [-0.4, -0.2) is 42.0 Å². The zero-order chi connectivity index (χ0) is 27.0. The molecule has 1 aliphatic carbocycles. The first-order valence-corrected chi connectivity index (χ1v) is 12.1. The van der Waals surface area contributed by atoms with E-state index >= 15 is 0 Å². The molecule has 1 atom stereocenters. The van der Waals surface area contributed by atoms with Crippen molar-refractivity contribution < 1.29 is 14.0 Å². The number of hydrogen-bond donors (Lipinski definition) is 2. The molecular weight excluding hydrogens is 487 g/mol. The van der Waals surface area contributed by atoms with Crippen molar-refractivity contribution in [3.05, 3.63) is 88.3 Å². The Morgan fingerprint density at radius 1 is 1.08 bits per heavy atom. The summed E-state index contributed by atoms with van der Waals surface area (Å²) in [6.07, 6.45) is 1.95. The normalized spacial score (nSPS) is 15.7. The fourth-order valence-electron chi connectivity index (χ4n) is 4.84. The minimum Gasteiger partial charge on any atom is -0.347 e. The van der Waals surface area contributed by atoms with Crippen LogP contribution in [0.5, 0.6) is 0 Å². The quantitative estimate of drug-likeness (QED) is 0.405. The molecule has 38 heavy (non-hydrogen) atoms. The molecule has 2 N–H and O–H groups in total. The third-order valence-corrected chi connectivity index (χ3v) is 6.84. The van der Waals surface area contributed by atoms with Crippen LogP contribution in [0.1, 0.15) is 63.1 Å². The van der Waals surface area contributed by atoms with Crippen molar-refractivity contribution in [2.24, 2.45) is 12.5 Å². The van der Waals surface area contributed by atoms with E-state index in [2.05, 4.69) is 56.0 Å². The lowest BCUT2D eigenvalue weighted by Crippen LogP contribution is -2.36. The zero-order valence-electron chi connectivity index (χ0n) is 21.5. The number of nitrogens with one attached hydrogen (secondary N) is 2. The van der Waals surface area contributed by atoms with E-state index in [9.17, 15) is 14.0 Å². The van der Waals surface area contributed by atoms with Crippen LogP contribution in [0, 0.1) is 18.2 Å². The number of hydrogen-bond acceptors (Lipinski definition) is 7. The first kappa shape index (κ1) is 25.1. The predicted octanol–water partition coefficient (Wildman–Crippen LogP) is 3.10. The van der Waals surface area contributed by atoms with Gasteiger partial charge in [0.2, 0.25) is 0 Å². The number of aromatic nitrogens is 6. The minimum absolute atomic E-state index is 0.0667. The van der Waals surface area contributed by atoms with Gasteiger partial charge >= 0.3 is 0 Å². The Kier molecular flexibility index (Phi) is 6.43. The smallest absolute Gasteiger partial charge is 0.270 e. The predicted molar refractivity (Wildman–Crippen MR) is 136 cm³/mol. The van der Waals surface area contributed by atoms with Crippen molar-refractivity contribution in [1.82, 2.24) is 40.8 Å². The maximum absolute atomic E-state index is 13.5. The highest BCUT2D eigenvalue weighted by molar-refractivity contribution is 5.97. The molecule has 0 spiro atoms. The number of benzene rings is 2. The van der Waals surface area contributed by atoms with E-state index < -0.39 is 11.8 Å². The summed E-state index contributed by atoms with van der Waals surface area (Å²) in [5, 5.41) is 17.5. The van der Waals surface area contributed by atoms with E-state index in [1.807, 2.05) is 12.1 Å². The largest absolute Gasteiger partial charge is 0.347 e. The lowest BCUT2D eigenvalue weighted by atomic mass is 9.85. The molecule has 2 amide bonds. The van der Waals surface area contributed by atoms with Crippen molar-refractivity contribution in [1.29, 1.82) is 0 Å². The number of halogens is 1. The minimum atomic E-state index is -0.458. The lowest BCUT2D eigenvalue weighted by molar-refractivity contribution is 0.0898. The van der Waals surface area contributed by atoms with Crippen molar-refractivity contribution in [2.75, 3.05) is 0 Å². The third-order valence-electron chi connectivity index (χ3n) is 6.84. The Morgan fingerprint density at radius 3 is 2.55 bits per heavy atom. The highest BCUT2D eigenvalue weighted by atomic mass is 19.1. The van der Waals surface area contributed by atoms with Crippen molar-refractivity contribution >= 4 is 11.8 Å². The number of carbonyl (C=O) groups is 2. The Labute approximate surface area is 218 Å². The average Bonchev–Trinajstić information content (AvgIpc) is 3.43. The summed E-state index contributed by atoms with van der Waals surface area (Å²) in [4.78, 5) is 34.0. The standard InChI is InChI=1S/C27H27FN8O2/c1-15-9-16(5-8-20(15)28)13-29-25(37)21-11-22(31-14-30-21)26(38)32-23-19-7-6-17(24-33-34-35-36(24)4)10-18(19)12-27(23,2)3/h5-11,14,23H,12-13H2,1-4H3,(H,29,37)(H,32,38)/t23-/m1/s1. The molecule has 10 nitrogen and oxygen atoms in total. The number of nitrogens with zero attached hydrogens (tertiary/aromatic N) is 6. The SMILES string of the molecule is Cc1cc(CNC(=O)c2cc(C(=O)N[C@@H]3c4ccc(-c5nnnn5C)cc4CC3(C)C)ncn2)ccc1F. The maximum Gasteiger partial charge on any atom is 0.270 e. The molecule has 0 unspecified atom stereocenters. The summed E-state index contributed by atoms with van der Waals surface area (Å²) in [5.74, 6) is -0.494. The summed E-state index contributed by atoms with van der Waals surface area (Å²) in [5.41, 5.74) is 4.19. The van der Waals surface area contributed by atoms with Gasteiger partial charge in [0.05, 0.1) is 6.04 Å². The van der Waals surface area contributed by atoms with E-state index in [0.29, 0.717) is 11.4 Å². The van der Waals surface area contributed by atoms with Gasteiger partial charge in [-0.15, -0.1) is 5.10 Å². The number of aryl methyl sites for hydroxylation is 2. The van der Waals surface area contributed by atoms with Gasteiger partial charge in [0.15, 0.2) is 5.82 Å². The highest BCUT2D eigenvalue weighted by Gasteiger charge is 2.40. The number of rotatable bonds is 6. The second-order valence-electron chi connectivity index (χ2n) is 10.2. The van der Waals surface area contributed by atoms with Crippen molar-refractivity contribution in [3.8, 4) is 11.4 Å². The molecule has 0 saturated heterocycles. The molecule has 2 aromatic carbocycles. The second-order valence-corrected chi connectivity index (χ2v) is 10.2. The summed E-state index contributed by atoms with van der Waals surface area (Å²) in [7, 11) is 1.79. The Bertz CT molecular complexity index is 1550. The van der Waals surface area contributed by atoms with Crippen LogP contribution in [0.3, 0.4) is 0 Å². The van der Waals surface area contributed by atoms with Gasteiger partial charge in [-0.2, -0.15) is 0 Å². The molecule has 0 saturated carbocycles. The number of carbonyl (C=O) groups excluding carboxylic acids is 2.